The van der Waals surface area contributed by atoms with Crippen LogP contribution in [0.5, 0.6) is 0 Å². The molecule has 0 unspecified atom stereocenters. The summed E-state index contributed by atoms with van der Waals surface area (Å²) in [5.74, 6) is 0. The van der Waals surface area contributed by atoms with Crippen LogP contribution in [0.3, 0.4) is 0 Å². The van der Waals surface area contributed by atoms with Crippen LogP contribution in [0, 0.1) is 24.1 Å². The second-order valence-corrected chi connectivity index (χ2v) is 5.98. The first-order valence-electron chi connectivity index (χ1n) is 6.75. The number of rotatable bonds is 1. The van der Waals surface area contributed by atoms with Crippen LogP contribution in [0.15, 0.2) is 46.5 Å². The van der Waals surface area contributed by atoms with Gasteiger partial charge in [0.2, 0.25) is 5.71 Å². The molecule has 2 rings (SSSR count). The van der Waals surface area contributed by atoms with Crippen LogP contribution in [-0.2, 0) is 0 Å². The molecule has 1 aliphatic carbocycles. The van der Waals surface area contributed by atoms with Crippen molar-refractivity contribution in [3.05, 3.63) is 52.6 Å². The number of hydrogen-bond acceptors (Lipinski definition) is 5. The van der Waals surface area contributed by atoms with Crippen LogP contribution in [0.1, 0.15) is 25.0 Å². The predicted octanol–water partition coefficient (Wildman–Crippen LogP) is -2.27. The Morgan fingerprint density at radius 3 is 1.65 bits per heavy atom. The fraction of sp³-hybridized carbons (Fsp3) is 0.250. The maximum atomic E-state index is 8.49. The SMILES string of the molecule is CC1=CC(=Nc2c(C)cccc2C)C=C(C)C1=[NH2+].[O-][Cl+3]([O-])([O-])[O-]. The van der Waals surface area contributed by atoms with Crippen LogP contribution in [0.2, 0.25) is 0 Å². The maximum Gasteiger partial charge on any atom is 0.202 e. The molecule has 1 aromatic rings. The molecular weight excluding hydrogens is 320 g/mol. The van der Waals surface area contributed by atoms with Gasteiger partial charge in [-0.25, -0.2) is 23.6 Å². The lowest BCUT2D eigenvalue weighted by atomic mass is 9.97. The fourth-order valence-corrected chi connectivity index (χ4v) is 2.13. The largest absolute Gasteiger partial charge is 0.254 e. The zero-order valence-electron chi connectivity index (χ0n) is 13.4. The molecule has 0 heterocycles. The number of para-hydroxylation sites is 1. The van der Waals surface area contributed by atoms with E-state index in [1.165, 1.54) is 11.1 Å². The predicted molar refractivity (Wildman–Crippen MR) is 77.5 cm³/mol. The zero-order chi connectivity index (χ0) is 17.8. The van der Waals surface area contributed by atoms with E-state index < -0.39 is 10.2 Å². The number of nitrogens with zero attached hydrogens (tertiary/aromatic N) is 1. The Labute approximate surface area is 137 Å². The number of hydrogen-bond donors (Lipinski definition) is 1. The molecule has 23 heavy (non-hydrogen) atoms. The summed E-state index contributed by atoms with van der Waals surface area (Å²) in [6, 6.07) is 6.23. The Balaban J connectivity index is 0.000000463. The molecule has 0 atom stereocenters. The van der Waals surface area contributed by atoms with Crippen LogP contribution < -0.4 is 24.0 Å². The number of aliphatic imine (C=N–C) groups is 1. The number of nitrogens with two attached hydrogens (primary N) is 1. The van der Waals surface area contributed by atoms with Crippen LogP contribution in [0.25, 0.3) is 0 Å². The van der Waals surface area contributed by atoms with Gasteiger partial charge in [-0.1, -0.05) is 18.2 Å². The van der Waals surface area contributed by atoms with Gasteiger partial charge in [0.25, 0.3) is 0 Å². The molecule has 0 amide bonds. The van der Waals surface area contributed by atoms with Gasteiger partial charge in [0.1, 0.15) is 0 Å². The molecule has 7 heteroatoms. The maximum absolute atomic E-state index is 8.49. The Morgan fingerprint density at radius 2 is 1.26 bits per heavy atom. The van der Waals surface area contributed by atoms with Gasteiger partial charge in [0.15, 0.2) is 0 Å². The van der Waals surface area contributed by atoms with Crippen LogP contribution in [-0.4, -0.2) is 11.4 Å². The van der Waals surface area contributed by atoms with Crippen molar-refractivity contribution in [1.82, 2.24) is 0 Å². The summed E-state index contributed by atoms with van der Waals surface area (Å²) in [6.45, 7) is 8.21. The standard InChI is InChI=1S/C16H18N2.ClHO4/c1-10-6-5-7-11(2)16(10)18-14-8-12(3)15(17)13(4)9-14;2-1(3,4)5/h5-9,17H,1-4H3;(H,2,3,4,5). The van der Waals surface area contributed by atoms with E-state index >= 15 is 0 Å². The van der Waals surface area contributed by atoms with Gasteiger partial charge in [-0.05, 0) is 51.0 Å². The summed E-state index contributed by atoms with van der Waals surface area (Å²) in [5.41, 5.74) is 7.44. The number of allylic oxidation sites excluding steroid dienone is 4. The summed E-state index contributed by atoms with van der Waals surface area (Å²) < 4.78 is 34.0. The highest BCUT2D eigenvalue weighted by Gasteiger charge is 2.15. The topological polar surface area (TPSA) is 130 Å². The normalized spacial score (nSPS) is 14.6. The highest BCUT2D eigenvalue weighted by Crippen LogP contribution is 2.24. The molecule has 124 valence electrons. The molecule has 6 nitrogen and oxygen atoms in total. The smallest absolute Gasteiger partial charge is 0.202 e. The molecule has 2 N–H and O–H groups in total. The van der Waals surface area contributed by atoms with Crippen molar-refractivity contribution < 1.29 is 34.3 Å². The quantitative estimate of drug-likeness (QED) is 0.578. The minimum atomic E-state index is -4.94. The van der Waals surface area contributed by atoms with Crippen molar-refractivity contribution >= 4 is 17.1 Å². The van der Waals surface area contributed by atoms with Crippen LogP contribution >= 0.6 is 0 Å². The van der Waals surface area contributed by atoms with Crippen LogP contribution in [0.4, 0.5) is 5.69 Å². The number of benzene rings is 1. The van der Waals surface area contributed by atoms with Gasteiger partial charge >= 0.3 is 0 Å². The average Bonchev–Trinajstić information content (AvgIpc) is 2.38. The first-order valence-corrected chi connectivity index (χ1v) is 7.99. The summed E-state index contributed by atoms with van der Waals surface area (Å²) in [7, 11) is -4.94. The first kappa shape index (κ1) is 19.2. The van der Waals surface area contributed by atoms with E-state index in [-0.39, 0.29) is 0 Å². The minimum Gasteiger partial charge on any atom is -0.254 e. The molecule has 0 radical (unpaired) electrons. The Morgan fingerprint density at radius 1 is 0.870 bits per heavy atom. The average molecular weight is 339 g/mol. The third-order valence-electron chi connectivity index (χ3n) is 3.26. The molecule has 0 aliphatic heterocycles. The molecule has 0 bridgehead atoms. The molecular formula is C16H19ClN2O4. The second-order valence-electron chi connectivity index (χ2n) is 5.22. The lowest BCUT2D eigenvalue weighted by Gasteiger charge is -2.17. The Hall–Kier alpha value is -1.83. The zero-order valence-corrected chi connectivity index (χ0v) is 14.2. The lowest BCUT2D eigenvalue weighted by Crippen LogP contribution is -2.68. The van der Waals surface area contributed by atoms with Gasteiger partial charge in [0.05, 0.1) is 11.4 Å². The van der Waals surface area contributed by atoms with Crippen molar-refractivity contribution in [2.75, 3.05) is 0 Å². The molecule has 0 aromatic heterocycles. The third kappa shape index (κ3) is 6.43. The molecule has 0 saturated heterocycles. The molecule has 0 fully saturated rings. The highest BCUT2D eigenvalue weighted by molar-refractivity contribution is 6.21. The van der Waals surface area contributed by atoms with Crippen molar-refractivity contribution in [1.29, 1.82) is 0 Å². The third-order valence-corrected chi connectivity index (χ3v) is 3.26. The van der Waals surface area contributed by atoms with E-state index in [9.17, 15) is 0 Å². The summed E-state index contributed by atoms with van der Waals surface area (Å²) in [4.78, 5) is 4.75. The lowest BCUT2D eigenvalue weighted by molar-refractivity contribution is -2.00. The van der Waals surface area contributed by atoms with Crippen molar-refractivity contribution in [3.8, 4) is 0 Å². The molecule has 1 aromatic carbocycles. The molecule has 0 spiro atoms. The fourth-order valence-electron chi connectivity index (χ4n) is 2.13. The Bertz CT molecular complexity index is 650. The van der Waals surface area contributed by atoms with E-state index in [2.05, 4.69) is 32.0 Å². The minimum absolute atomic E-state index is 0.857. The molecule has 1 aliphatic rings. The number of aryl methyl sites for hydroxylation is 2. The second kappa shape index (κ2) is 7.63. The Kier molecular flexibility index (Phi) is 6.37. The van der Waals surface area contributed by atoms with E-state index in [0.717, 1.165) is 28.3 Å². The van der Waals surface area contributed by atoms with E-state index in [1.54, 1.807) is 0 Å². The van der Waals surface area contributed by atoms with E-state index in [4.69, 9.17) is 29.0 Å². The van der Waals surface area contributed by atoms with Gasteiger partial charge in [-0.2, -0.15) is 0 Å². The first-order chi connectivity index (χ1) is 10.5. The van der Waals surface area contributed by atoms with Gasteiger partial charge < -0.3 is 0 Å². The van der Waals surface area contributed by atoms with Crippen molar-refractivity contribution in [3.63, 3.8) is 0 Å². The molecule has 0 saturated carbocycles. The highest BCUT2D eigenvalue weighted by atomic mass is 35.7. The van der Waals surface area contributed by atoms with E-state index in [0.29, 0.717) is 0 Å². The van der Waals surface area contributed by atoms with Crippen molar-refractivity contribution in [2.45, 2.75) is 27.7 Å². The van der Waals surface area contributed by atoms with Gasteiger partial charge in [0, 0.05) is 11.1 Å². The summed E-state index contributed by atoms with van der Waals surface area (Å²) >= 11 is 0. The van der Waals surface area contributed by atoms with Gasteiger partial charge in [-0.15, -0.1) is 10.2 Å². The van der Waals surface area contributed by atoms with Gasteiger partial charge in [-0.3, -0.25) is 5.41 Å². The summed E-state index contributed by atoms with van der Waals surface area (Å²) in [6.07, 6.45) is 4.07. The monoisotopic (exact) mass is 338 g/mol. The number of halogens is 1. The van der Waals surface area contributed by atoms with Crippen molar-refractivity contribution in [2.24, 2.45) is 4.99 Å². The van der Waals surface area contributed by atoms with E-state index in [1.807, 2.05) is 26.0 Å². The summed E-state index contributed by atoms with van der Waals surface area (Å²) in [5, 5.41) is 5.96.